The molecule has 1 fully saturated rings. The molecule has 1 N–H and O–H groups in total. The maximum absolute atomic E-state index is 14.5. The number of thiazole rings is 1. The molecule has 0 radical (unpaired) electrons. The molecule has 1 saturated heterocycles. The van der Waals surface area contributed by atoms with Crippen LogP contribution in [-0.2, 0) is 15.0 Å². The maximum Gasteiger partial charge on any atom is 0.293 e. The van der Waals surface area contributed by atoms with Gasteiger partial charge in [-0.15, -0.1) is 0 Å². The van der Waals surface area contributed by atoms with Crippen molar-refractivity contribution >= 4 is 56.1 Å². The largest absolute Gasteiger partial charge is 0.293 e. The molecule has 2 amide bonds. The van der Waals surface area contributed by atoms with Gasteiger partial charge < -0.3 is 0 Å². The molecule has 5 aromatic rings. The summed E-state index contributed by atoms with van der Waals surface area (Å²) in [5, 5.41) is 17.2. The van der Waals surface area contributed by atoms with Gasteiger partial charge in [0.15, 0.2) is 0 Å². The van der Waals surface area contributed by atoms with Crippen LogP contribution < -0.4 is 10.3 Å². The van der Waals surface area contributed by atoms with E-state index >= 15 is 0 Å². The van der Waals surface area contributed by atoms with Gasteiger partial charge in [-0.2, -0.15) is 5.10 Å². The molecule has 2 atom stereocenters. The fraction of sp³-hybridized carbons (Fsp3) is 0.125. The third-order valence-corrected chi connectivity index (χ3v) is 9.67. The van der Waals surface area contributed by atoms with E-state index in [0.29, 0.717) is 5.13 Å². The number of nitro benzene ring substituents is 1. The van der Waals surface area contributed by atoms with E-state index in [9.17, 15) is 19.7 Å². The number of imide groups is 1. The van der Waals surface area contributed by atoms with Crippen LogP contribution in [0.25, 0.3) is 10.2 Å². The number of benzene rings is 4. The van der Waals surface area contributed by atoms with Gasteiger partial charge in [-0.1, -0.05) is 84.1 Å². The molecular formula is C32H21N5O4S. The molecule has 2 unspecified atom stereocenters. The topological polar surface area (TPSA) is 118 Å². The highest BCUT2D eigenvalue weighted by Gasteiger charge is 2.68. The maximum atomic E-state index is 14.5. The van der Waals surface area contributed by atoms with E-state index in [4.69, 9.17) is 0 Å². The molecule has 42 heavy (non-hydrogen) atoms. The zero-order valence-corrected chi connectivity index (χ0v) is 22.7. The van der Waals surface area contributed by atoms with E-state index in [1.807, 2.05) is 72.8 Å². The molecule has 0 saturated carbocycles. The zero-order chi connectivity index (χ0) is 28.6. The van der Waals surface area contributed by atoms with E-state index in [1.54, 1.807) is 12.3 Å². The predicted molar refractivity (Wildman–Crippen MR) is 160 cm³/mol. The number of carbonyl (C=O) groups is 2. The van der Waals surface area contributed by atoms with Gasteiger partial charge in [-0.05, 0) is 40.5 Å². The number of rotatable bonds is 5. The van der Waals surface area contributed by atoms with Gasteiger partial charge in [0.05, 0.1) is 32.4 Å². The molecule has 10 heteroatoms. The van der Waals surface area contributed by atoms with Gasteiger partial charge in [-0.3, -0.25) is 25.1 Å². The van der Waals surface area contributed by atoms with Crippen molar-refractivity contribution in [1.29, 1.82) is 0 Å². The Balaban J connectivity index is 1.33. The molecule has 2 bridgehead atoms. The quantitative estimate of drug-likeness (QED) is 0.122. The lowest BCUT2D eigenvalue weighted by atomic mass is 9.47. The Morgan fingerprint density at radius 1 is 0.881 bits per heavy atom. The SMILES string of the molecule is O=C1C2C3c4ccccc4C(/C=N/Nc4nc5ccccc5s4)(c4ccccc43)C2C(=O)N1c1ccccc1[N+](=O)[O-]. The van der Waals surface area contributed by atoms with Crippen LogP contribution in [0.1, 0.15) is 28.2 Å². The van der Waals surface area contributed by atoms with Gasteiger partial charge in [0.2, 0.25) is 16.9 Å². The van der Waals surface area contributed by atoms with Gasteiger partial charge in [0.1, 0.15) is 5.69 Å². The van der Waals surface area contributed by atoms with Crippen LogP contribution in [-0.4, -0.2) is 27.9 Å². The Hall–Kier alpha value is -5.22. The molecule has 9 nitrogen and oxygen atoms in total. The second kappa shape index (κ2) is 8.89. The minimum Gasteiger partial charge on any atom is -0.274 e. The lowest BCUT2D eigenvalue weighted by Gasteiger charge is -2.52. The number of hydrogen-bond acceptors (Lipinski definition) is 8. The summed E-state index contributed by atoms with van der Waals surface area (Å²) in [4.78, 5) is 45.8. The average molecular weight is 572 g/mol. The van der Waals surface area contributed by atoms with Gasteiger partial charge in [0.25, 0.3) is 5.69 Å². The van der Waals surface area contributed by atoms with Crippen molar-refractivity contribution < 1.29 is 14.5 Å². The number of nitro groups is 1. The first-order chi connectivity index (χ1) is 20.5. The van der Waals surface area contributed by atoms with Crippen LogP contribution in [0.3, 0.4) is 0 Å². The van der Waals surface area contributed by atoms with Crippen LogP contribution in [0.15, 0.2) is 102 Å². The number of nitrogens with one attached hydrogen (secondary N) is 1. The molecule has 3 aliphatic carbocycles. The minimum atomic E-state index is -1.10. The summed E-state index contributed by atoms with van der Waals surface area (Å²) in [7, 11) is 0. The third kappa shape index (κ3) is 3.18. The summed E-state index contributed by atoms with van der Waals surface area (Å²) < 4.78 is 1.01. The lowest BCUT2D eigenvalue weighted by Crippen LogP contribution is -2.54. The molecule has 4 aliphatic rings. The summed E-state index contributed by atoms with van der Waals surface area (Å²) in [6.45, 7) is 0. The van der Waals surface area contributed by atoms with Crippen LogP contribution in [0.2, 0.25) is 0 Å². The standard InChI is InChI=1S/C32H21N5O4S/c38-29-27-26-18-9-1-3-11-20(18)32(21-12-4-2-10-19(21)26,17-33-35-31-34-22-13-5-8-16-25(22)42-31)28(27)30(39)36(29)23-14-6-7-15-24(23)37(40)41/h1-17,26-28H,(H,34,35)/b33-17+. The average Bonchev–Trinajstić information content (AvgIpc) is 3.55. The van der Waals surface area contributed by atoms with Crippen molar-refractivity contribution in [3.63, 3.8) is 0 Å². The Labute approximate surface area is 243 Å². The first-order valence-corrected chi connectivity index (χ1v) is 14.3. The molecule has 2 heterocycles. The summed E-state index contributed by atoms with van der Waals surface area (Å²) >= 11 is 1.46. The van der Waals surface area contributed by atoms with Gasteiger partial charge >= 0.3 is 0 Å². The summed E-state index contributed by atoms with van der Waals surface area (Å²) in [6.07, 6.45) is 1.73. The van der Waals surface area contributed by atoms with E-state index in [-0.39, 0.29) is 17.3 Å². The third-order valence-electron chi connectivity index (χ3n) is 8.73. The fourth-order valence-corrected chi connectivity index (χ4v) is 8.02. The monoisotopic (exact) mass is 571 g/mol. The molecule has 204 valence electrons. The van der Waals surface area contributed by atoms with Gasteiger partial charge in [-0.25, -0.2) is 9.88 Å². The Morgan fingerprint density at radius 3 is 2.24 bits per heavy atom. The van der Waals surface area contributed by atoms with Gasteiger partial charge in [0, 0.05) is 18.2 Å². The lowest BCUT2D eigenvalue weighted by molar-refractivity contribution is -0.384. The zero-order valence-electron chi connectivity index (χ0n) is 21.9. The smallest absolute Gasteiger partial charge is 0.274 e. The molecule has 0 spiro atoms. The number of anilines is 2. The van der Waals surface area contributed by atoms with Crippen LogP contribution in [0.4, 0.5) is 16.5 Å². The van der Waals surface area contributed by atoms with E-state index in [2.05, 4.69) is 15.5 Å². The number of para-hydroxylation sites is 3. The van der Waals surface area contributed by atoms with Crippen molar-refractivity contribution in [3.05, 3.63) is 129 Å². The Bertz CT molecular complexity index is 1920. The molecule has 1 aromatic heterocycles. The number of aromatic nitrogens is 1. The predicted octanol–water partition coefficient (Wildman–Crippen LogP) is 5.85. The second-order valence-electron chi connectivity index (χ2n) is 10.6. The number of nitrogens with zero attached hydrogens (tertiary/aromatic N) is 4. The Kier molecular flexibility index (Phi) is 5.20. The highest BCUT2D eigenvalue weighted by atomic mass is 32.1. The van der Waals surface area contributed by atoms with Crippen molar-refractivity contribution in [2.24, 2.45) is 16.9 Å². The van der Waals surface area contributed by atoms with Crippen molar-refractivity contribution in [2.45, 2.75) is 11.3 Å². The van der Waals surface area contributed by atoms with E-state index < -0.39 is 34.0 Å². The van der Waals surface area contributed by atoms with E-state index in [0.717, 1.165) is 37.4 Å². The molecule has 9 rings (SSSR count). The van der Waals surface area contributed by atoms with Crippen molar-refractivity contribution in [2.75, 3.05) is 10.3 Å². The fourth-order valence-electron chi connectivity index (χ4n) is 7.20. The number of hydrogen-bond donors (Lipinski definition) is 1. The Morgan fingerprint density at radius 2 is 1.52 bits per heavy atom. The summed E-state index contributed by atoms with van der Waals surface area (Å²) in [5.41, 5.74) is 6.22. The van der Waals surface area contributed by atoms with Crippen molar-refractivity contribution in [1.82, 2.24) is 4.98 Å². The number of carbonyl (C=O) groups excluding carboxylic acids is 2. The van der Waals surface area contributed by atoms with Crippen LogP contribution in [0.5, 0.6) is 0 Å². The number of hydrazone groups is 1. The first-order valence-electron chi connectivity index (χ1n) is 13.5. The highest BCUT2D eigenvalue weighted by molar-refractivity contribution is 7.22. The molecular weight excluding hydrogens is 550 g/mol. The minimum absolute atomic E-state index is 0.0147. The highest BCUT2D eigenvalue weighted by Crippen LogP contribution is 2.64. The summed E-state index contributed by atoms with van der Waals surface area (Å²) in [5.74, 6) is -2.89. The van der Waals surface area contributed by atoms with Crippen LogP contribution in [0, 0.1) is 22.0 Å². The molecule has 4 aromatic carbocycles. The first kappa shape index (κ1) is 24.6. The number of fused-ring (bicyclic) bond motifs is 1. The van der Waals surface area contributed by atoms with Crippen LogP contribution >= 0.6 is 11.3 Å². The second-order valence-corrected chi connectivity index (χ2v) is 11.7. The van der Waals surface area contributed by atoms with E-state index in [1.165, 1.54) is 29.5 Å². The number of amides is 2. The molecule has 1 aliphatic heterocycles. The summed E-state index contributed by atoms with van der Waals surface area (Å²) in [6, 6.07) is 29.4. The van der Waals surface area contributed by atoms with Crippen molar-refractivity contribution in [3.8, 4) is 0 Å². The normalized spacial score (nSPS) is 23.7.